The predicted octanol–water partition coefficient (Wildman–Crippen LogP) is 1.71. The molecule has 3 rings (SSSR count). The van der Waals surface area contributed by atoms with Crippen molar-refractivity contribution in [2.45, 2.75) is 58.7 Å². The summed E-state index contributed by atoms with van der Waals surface area (Å²) in [6, 6.07) is 4.30. The van der Waals surface area contributed by atoms with Crippen molar-refractivity contribution in [3.63, 3.8) is 0 Å². The summed E-state index contributed by atoms with van der Waals surface area (Å²) in [5.41, 5.74) is 0.300. The maximum Gasteiger partial charge on any atom is 0.407 e. The number of aryl methyl sites for hydroxylation is 1. The van der Waals surface area contributed by atoms with Crippen LogP contribution < -0.4 is 16.2 Å². The first-order valence-electron chi connectivity index (χ1n) is 9.37. The van der Waals surface area contributed by atoms with Crippen molar-refractivity contribution in [1.82, 2.24) is 20.2 Å². The Balaban J connectivity index is 1.86. The number of hydrogen-bond donors (Lipinski definition) is 2. The Bertz CT molecular complexity index is 1050. The highest BCUT2D eigenvalue weighted by Gasteiger charge is 2.30. The van der Waals surface area contributed by atoms with Crippen LogP contribution in [-0.2, 0) is 20.9 Å². The van der Waals surface area contributed by atoms with E-state index < -0.39 is 23.6 Å². The van der Waals surface area contributed by atoms with E-state index in [2.05, 4.69) is 15.6 Å². The molecule has 2 aromatic rings. The topological polar surface area (TPSA) is 119 Å². The maximum absolute atomic E-state index is 13.0. The molecule has 154 valence electrons. The highest BCUT2D eigenvalue weighted by molar-refractivity contribution is 5.99. The van der Waals surface area contributed by atoms with Crippen LogP contribution in [0.2, 0.25) is 0 Å². The summed E-state index contributed by atoms with van der Waals surface area (Å²) < 4.78 is 6.54. The molecule has 9 nitrogen and oxygen atoms in total. The summed E-state index contributed by atoms with van der Waals surface area (Å²) in [5.74, 6) is -0.451. The first kappa shape index (κ1) is 20.5. The van der Waals surface area contributed by atoms with Crippen molar-refractivity contribution in [2.75, 3.05) is 0 Å². The highest BCUT2D eigenvalue weighted by Crippen LogP contribution is 2.20. The monoisotopic (exact) mass is 400 g/mol. The summed E-state index contributed by atoms with van der Waals surface area (Å²) >= 11 is 0. The van der Waals surface area contributed by atoms with E-state index in [1.807, 2.05) is 0 Å². The Hall–Kier alpha value is -3.23. The first-order valence-corrected chi connectivity index (χ1v) is 9.37. The van der Waals surface area contributed by atoms with Gasteiger partial charge in [0, 0.05) is 13.0 Å². The molecule has 0 radical (unpaired) electrons. The number of fused-ring (bicyclic) bond motifs is 1. The van der Waals surface area contributed by atoms with Crippen LogP contribution in [0, 0.1) is 6.92 Å². The van der Waals surface area contributed by atoms with Crippen LogP contribution in [0.3, 0.4) is 0 Å². The molecular weight excluding hydrogens is 376 g/mol. The maximum atomic E-state index is 13.0. The van der Waals surface area contributed by atoms with E-state index >= 15 is 0 Å². The van der Waals surface area contributed by atoms with Crippen molar-refractivity contribution < 1.29 is 19.1 Å². The van der Waals surface area contributed by atoms with Gasteiger partial charge in [-0.3, -0.25) is 24.3 Å². The van der Waals surface area contributed by atoms with Crippen molar-refractivity contribution in [1.29, 1.82) is 0 Å². The van der Waals surface area contributed by atoms with Gasteiger partial charge < -0.3 is 10.1 Å². The fraction of sp³-hybridized carbons (Fsp3) is 0.450. The second kappa shape index (κ2) is 7.65. The lowest BCUT2D eigenvalue weighted by Gasteiger charge is -2.24. The van der Waals surface area contributed by atoms with Crippen LogP contribution in [-0.4, -0.2) is 33.1 Å². The molecule has 9 heteroatoms. The first-order chi connectivity index (χ1) is 13.5. The zero-order chi connectivity index (χ0) is 21.3. The summed E-state index contributed by atoms with van der Waals surface area (Å²) in [6.45, 7) is 7.21. The molecule has 1 unspecified atom stereocenters. The third kappa shape index (κ3) is 4.61. The van der Waals surface area contributed by atoms with E-state index in [1.54, 1.807) is 45.9 Å². The molecule has 0 spiro atoms. The Morgan fingerprint density at radius 3 is 2.69 bits per heavy atom. The van der Waals surface area contributed by atoms with Crippen molar-refractivity contribution in [2.24, 2.45) is 0 Å². The fourth-order valence-corrected chi connectivity index (χ4v) is 3.25. The Kier molecular flexibility index (Phi) is 5.41. The minimum Gasteiger partial charge on any atom is -0.444 e. The van der Waals surface area contributed by atoms with Crippen LogP contribution in [0.4, 0.5) is 4.79 Å². The second-order valence-electron chi connectivity index (χ2n) is 8.01. The van der Waals surface area contributed by atoms with E-state index in [4.69, 9.17) is 4.74 Å². The van der Waals surface area contributed by atoms with Crippen molar-refractivity contribution in [3.8, 4) is 0 Å². The highest BCUT2D eigenvalue weighted by atomic mass is 16.6. The molecule has 1 aliphatic heterocycles. The number of alkyl carbamates (subject to hydrolysis) is 1. The van der Waals surface area contributed by atoms with Crippen molar-refractivity contribution >= 4 is 28.8 Å². The number of hydrogen-bond acceptors (Lipinski definition) is 6. The van der Waals surface area contributed by atoms with Gasteiger partial charge in [0.25, 0.3) is 5.56 Å². The lowest BCUT2D eigenvalue weighted by molar-refractivity contribution is -0.135. The third-order valence-corrected chi connectivity index (χ3v) is 4.50. The summed E-state index contributed by atoms with van der Waals surface area (Å²) in [4.78, 5) is 52.8. The van der Waals surface area contributed by atoms with Gasteiger partial charge in [-0.25, -0.2) is 9.78 Å². The van der Waals surface area contributed by atoms with Gasteiger partial charge in [-0.2, -0.15) is 0 Å². The molecule has 1 aromatic heterocycles. The SMILES string of the molecule is Cc1nc2cc(CNC(=O)OC(C)(C)C)ccc2c(=O)n1C1CCC(=O)NC1=O. The minimum absolute atomic E-state index is 0.176. The second-order valence-corrected chi connectivity index (χ2v) is 8.01. The van der Waals surface area contributed by atoms with E-state index in [1.165, 1.54) is 4.57 Å². The van der Waals surface area contributed by atoms with Gasteiger partial charge in [0.15, 0.2) is 0 Å². The smallest absolute Gasteiger partial charge is 0.407 e. The van der Waals surface area contributed by atoms with Gasteiger partial charge in [-0.1, -0.05) is 6.07 Å². The largest absolute Gasteiger partial charge is 0.444 e. The standard InChI is InChI=1S/C20H24N4O5/c1-11-22-14-9-12(10-21-19(28)29-20(2,3)4)5-6-13(14)18(27)24(11)15-7-8-16(25)23-17(15)26/h5-6,9,15H,7-8,10H2,1-4H3,(H,21,28)(H,23,25,26). The summed E-state index contributed by atoms with van der Waals surface area (Å²) in [7, 11) is 0. The Morgan fingerprint density at radius 2 is 2.03 bits per heavy atom. The van der Waals surface area contributed by atoms with Gasteiger partial charge in [-0.15, -0.1) is 0 Å². The lowest BCUT2D eigenvalue weighted by atomic mass is 10.1. The number of amides is 3. The summed E-state index contributed by atoms with van der Waals surface area (Å²) in [5, 5.41) is 5.29. The van der Waals surface area contributed by atoms with E-state index in [0.29, 0.717) is 16.7 Å². The number of benzene rings is 1. The molecule has 3 amide bonds. The average molecular weight is 400 g/mol. The van der Waals surface area contributed by atoms with Gasteiger partial charge in [0.05, 0.1) is 10.9 Å². The van der Waals surface area contributed by atoms with E-state index in [0.717, 1.165) is 5.56 Å². The molecule has 0 saturated carbocycles. The predicted molar refractivity (Wildman–Crippen MR) is 105 cm³/mol. The zero-order valence-electron chi connectivity index (χ0n) is 16.9. The van der Waals surface area contributed by atoms with E-state index in [9.17, 15) is 19.2 Å². The van der Waals surface area contributed by atoms with Gasteiger partial charge in [0.1, 0.15) is 17.5 Å². The molecule has 1 saturated heterocycles. The Morgan fingerprint density at radius 1 is 1.31 bits per heavy atom. The van der Waals surface area contributed by atoms with Crippen molar-refractivity contribution in [3.05, 3.63) is 39.9 Å². The molecule has 29 heavy (non-hydrogen) atoms. The molecule has 1 fully saturated rings. The number of imide groups is 1. The number of piperidine rings is 1. The molecule has 1 aliphatic rings. The number of nitrogens with one attached hydrogen (secondary N) is 2. The third-order valence-electron chi connectivity index (χ3n) is 4.50. The number of aromatic nitrogens is 2. The molecule has 1 atom stereocenters. The normalized spacial score (nSPS) is 17.2. The number of carbonyl (C=O) groups is 3. The Labute approximate surface area is 167 Å². The number of ether oxygens (including phenoxy) is 1. The average Bonchev–Trinajstić information content (AvgIpc) is 2.60. The number of nitrogens with zero attached hydrogens (tertiary/aromatic N) is 2. The van der Waals surface area contributed by atoms with E-state index in [-0.39, 0.29) is 30.9 Å². The van der Waals surface area contributed by atoms with Crippen LogP contribution in [0.25, 0.3) is 10.9 Å². The van der Waals surface area contributed by atoms with Gasteiger partial charge in [-0.05, 0) is 51.8 Å². The summed E-state index contributed by atoms with van der Waals surface area (Å²) in [6.07, 6.45) is -0.0958. The minimum atomic E-state index is -0.759. The number of rotatable bonds is 3. The zero-order valence-corrected chi connectivity index (χ0v) is 16.9. The van der Waals surface area contributed by atoms with Gasteiger partial charge in [0.2, 0.25) is 11.8 Å². The molecule has 0 aliphatic carbocycles. The van der Waals surface area contributed by atoms with Crippen LogP contribution in [0.15, 0.2) is 23.0 Å². The molecular formula is C20H24N4O5. The van der Waals surface area contributed by atoms with Crippen LogP contribution in [0.5, 0.6) is 0 Å². The molecule has 0 bridgehead atoms. The molecule has 1 aromatic carbocycles. The van der Waals surface area contributed by atoms with Crippen LogP contribution >= 0.6 is 0 Å². The fourth-order valence-electron chi connectivity index (χ4n) is 3.25. The lowest BCUT2D eigenvalue weighted by Crippen LogP contribution is -2.45. The molecule has 2 heterocycles. The van der Waals surface area contributed by atoms with Gasteiger partial charge >= 0.3 is 6.09 Å². The molecule has 2 N–H and O–H groups in total. The quantitative estimate of drug-likeness (QED) is 0.757. The number of carbonyl (C=O) groups excluding carboxylic acids is 3. The van der Waals surface area contributed by atoms with Crippen LogP contribution in [0.1, 0.15) is 51.0 Å².